The van der Waals surface area contributed by atoms with Crippen LogP contribution >= 0.6 is 11.6 Å². The quantitative estimate of drug-likeness (QED) is 0.799. The molecular formula is C12H16ClNO. The first-order valence-corrected chi connectivity index (χ1v) is 5.41. The van der Waals surface area contributed by atoms with Crippen molar-refractivity contribution in [2.75, 3.05) is 13.6 Å². The Bertz CT molecular complexity index is 361. The number of Topliss-reactive ketones (excluding diaryl/α,β-unsaturated/α-hetero) is 1. The van der Waals surface area contributed by atoms with E-state index >= 15 is 0 Å². The largest absolute Gasteiger partial charge is 0.313 e. The summed E-state index contributed by atoms with van der Waals surface area (Å²) in [7, 11) is 1.75. The lowest BCUT2D eigenvalue weighted by Crippen LogP contribution is -2.18. The van der Waals surface area contributed by atoms with Gasteiger partial charge in [-0.1, -0.05) is 37.6 Å². The average Bonchev–Trinajstić information content (AvgIpc) is 2.17. The van der Waals surface area contributed by atoms with Crippen molar-refractivity contribution in [1.29, 1.82) is 0 Å². The second-order valence-electron chi connectivity index (χ2n) is 3.84. The van der Waals surface area contributed by atoms with E-state index in [4.69, 9.17) is 11.6 Å². The molecule has 3 heteroatoms. The van der Waals surface area contributed by atoms with Crippen LogP contribution < -0.4 is 5.32 Å². The SMILES string of the molecule is CNCC(=O)c1ccc(C(C)C)c(Cl)c1. The van der Waals surface area contributed by atoms with Crippen molar-refractivity contribution in [2.45, 2.75) is 19.8 Å². The number of hydrogen-bond donors (Lipinski definition) is 1. The number of carbonyl (C=O) groups excluding carboxylic acids is 1. The molecular weight excluding hydrogens is 210 g/mol. The molecule has 0 fully saturated rings. The molecule has 0 aliphatic heterocycles. The van der Waals surface area contributed by atoms with Gasteiger partial charge in [-0.05, 0) is 24.6 Å². The third kappa shape index (κ3) is 3.05. The van der Waals surface area contributed by atoms with Crippen LogP contribution in [-0.2, 0) is 0 Å². The van der Waals surface area contributed by atoms with E-state index in [-0.39, 0.29) is 5.78 Å². The topological polar surface area (TPSA) is 29.1 Å². The minimum Gasteiger partial charge on any atom is -0.313 e. The van der Waals surface area contributed by atoms with Crippen LogP contribution in [0.5, 0.6) is 0 Å². The normalized spacial score (nSPS) is 10.7. The summed E-state index contributed by atoms with van der Waals surface area (Å²) >= 11 is 6.10. The number of hydrogen-bond acceptors (Lipinski definition) is 2. The minimum absolute atomic E-state index is 0.0645. The van der Waals surface area contributed by atoms with Crippen LogP contribution in [0.2, 0.25) is 5.02 Å². The summed E-state index contributed by atoms with van der Waals surface area (Å²) in [5.74, 6) is 0.445. The Morgan fingerprint density at radius 2 is 2.13 bits per heavy atom. The summed E-state index contributed by atoms with van der Waals surface area (Å²) < 4.78 is 0. The van der Waals surface area contributed by atoms with Gasteiger partial charge in [-0.2, -0.15) is 0 Å². The summed E-state index contributed by atoms with van der Waals surface area (Å²) in [6, 6.07) is 5.51. The lowest BCUT2D eigenvalue weighted by molar-refractivity contribution is 0.0993. The maximum atomic E-state index is 11.6. The number of ketones is 1. The van der Waals surface area contributed by atoms with E-state index in [1.54, 1.807) is 13.1 Å². The molecule has 82 valence electrons. The van der Waals surface area contributed by atoms with Crippen LogP contribution in [-0.4, -0.2) is 19.4 Å². The van der Waals surface area contributed by atoms with Gasteiger partial charge in [0, 0.05) is 10.6 Å². The Labute approximate surface area is 95.6 Å². The number of benzene rings is 1. The van der Waals surface area contributed by atoms with Gasteiger partial charge in [-0.25, -0.2) is 0 Å². The van der Waals surface area contributed by atoms with Crippen molar-refractivity contribution in [3.63, 3.8) is 0 Å². The van der Waals surface area contributed by atoms with Gasteiger partial charge in [0.05, 0.1) is 6.54 Å². The zero-order valence-electron chi connectivity index (χ0n) is 9.30. The molecule has 0 aliphatic carbocycles. The summed E-state index contributed by atoms with van der Waals surface area (Å²) in [6.45, 7) is 4.50. The fourth-order valence-electron chi connectivity index (χ4n) is 1.43. The molecule has 15 heavy (non-hydrogen) atoms. The first kappa shape index (κ1) is 12.2. The van der Waals surface area contributed by atoms with Gasteiger partial charge in [0.2, 0.25) is 0 Å². The lowest BCUT2D eigenvalue weighted by atomic mass is 10.0. The van der Waals surface area contributed by atoms with E-state index in [0.717, 1.165) is 5.56 Å². The Morgan fingerprint density at radius 3 is 2.60 bits per heavy atom. The van der Waals surface area contributed by atoms with E-state index < -0.39 is 0 Å². The molecule has 0 aliphatic rings. The lowest BCUT2D eigenvalue weighted by Gasteiger charge is -2.09. The highest BCUT2D eigenvalue weighted by Crippen LogP contribution is 2.25. The zero-order valence-corrected chi connectivity index (χ0v) is 10.1. The molecule has 0 unspecified atom stereocenters. The highest BCUT2D eigenvalue weighted by atomic mass is 35.5. The van der Waals surface area contributed by atoms with Gasteiger partial charge in [0.15, 0.2) is 5.78 Å². The average molecular weight is 226 g/mol. The molecule has 0 radical (unpaired) electrons. The first-order chi connectivity index (χ1) is 7.06. The highest BCUT2D eigenvalue weighted by molar-refractivity contribution is 6.31. The van der Waals surface area contributed by atoms with Crippen LogP contribution in [0.1, 0.15) is 35.7 Å². The summed E-state index contributed by atoms with van der Waals surface area (Å²) in [6.07, 6.45) is 0. The molecule has 0 aromatic heterocycles. The maximum absolute atomic E-state index is 11.6. The van der Waals surface area contributed by atoms with E-state index in [1.165, 1.54) is 0 Å². The van der Waals surface area contributed by atoms with Crippen molar-refractivity contribution in [2.24, 2.45) is 0 Å². The molecule has 1 aromatic rings. The van der Waals surface area contributed by atoms with Gasteiger partial charge >= 0.3 is 0 Å². The highest BCUT2D eigenvalue weighted by Gasteiger charge is 2.09. The van der Waals surface area contributed by atoms with Gasteiger partial charge in [0.25, 0.3) is 0 Å². The molecule has 0 atom stereocenters. The zero-order chi connectivity index (χ0) is 11.4. The van der Waals surface area contributed by atoms with Crippen LogP contribution in [0.4, 0.5) is 0 Å². The number of halogens is 1. The number of carbonyl (C=O) groups is 1. The molecule has 0 saturated carbocycles. The fourth-order valence-corrected chi connectivity index (χ4v) is 1.83. The third-order valence-corrected chi connectivity index (χ3v) is 2.61. The fraction of sp³-hybridized carbons (Fsp3) is 0.417. The third-order valence-electron chi connectivity index (χ3n) is 2.28. The van der Waals surface area contributed by atoms with Crippen molar-refractivity contribution in [1.82, 2.24) is 5.32 Å². The molecule has 1 aromatic carbocycles. The van der Waals surface area contributed by atoms with Gasteiger partial charge in [-0.15, -0.1) is 0 Å². The Kier molecular flexibility index (Phi) is 4.30. The van der Waals surface area contributed by atoms with Crippen LogP contribution in [0, 0.1) is 0 Å². The first-order valence-electron chi connectivity index (χ1n) is 5.03. The summed E-state index contributed by atoms with van der Waals surface area (Å²) in [5, 5.41) is 3.50. The molecule has 0 heterocycles. The maximum Gasteiger partial charge on any atom is 0.176 e. The minimum atomic E-state index is 0.0645. The van der Waals surface area contributed by atoms with Crippen molar-refractivity contribution in [3.05, 3.63) is 34.3 Å². The predicted octanol–water partition coefficient (Wildman–Crippen LogP) is 2.87. The second kappa shape index (κ2) is 5.29. The monoisotopic (exact) mass is 225 g/mol. The van der Waals surface area contributed by atoms with Crippen LogP contribution in [0.15, 0.2) is 18.2 Å². The predicted molar refractivity (Wildman–Crippen MR) is 63.8 cm³/mol. The van der Waals surface area contributed by atoms with E-state index in [0.29, 0.717) is 23.0 Å². The Morgan fingerprint density at radius 1 is 1.47 bits per heavy atom. The molecule has 0 saturated heterocycles. The molecule has 0 bridgehead atoms. The van der Waals surface area contributed by atoms with E-state index in [9.17, 15) is 4.79 Å². The standard InChI is InChI=1S/C12H16ClNO/c1-8(2)10-5-4-9(6-11(10)13)12(15)7-14-3/h4-6,8,14H,7H2,1-3H3. The van der Waals surface area contributed by atoms with Crippen molar-refractivity contribution < 1.29 is 4.79 Å². The summed E-state index contributed by atoms with van der Waals surface area (Å²) in [4.78, 5) is 11.6. The van der Waals surface area contributed by atoms with Gasteiger partial charge < -0.3 is 5.32 Å². The van der Waals surface area contributed by atoms with Crippen LogP contribution in [0.3, 0.4) is 0 Å². The summed E-state index contributed by atoms with van der Waals surface area (Å²) in [5.41, 5.74) is 1.75. The molecule has 2 nitrogen and oxygen atoms in total. The second-order valence-corrected chi connectivity index (χ2v) is 4.25. The molecule has 1 rings (SSSR count). The van der Waals surface area contributed by atoms with Crippen molar-refractivity contribution >= 4 is 17.4 Å². The Hall–Kier alpha value is -0.860. The molecule has 0 spiro atoms. The molecule has 0 amide bonds. The van der Waals surface area contributed by atoms with Gasteiger partial charge in [0.1, 0.15) is 0 Å². The van der Waals surface area contributed by atoms with Crippen molar-refractivity contribution in [3.8, 4) is 0 Å². The van der Waals surface area contributed by atoms with Crippen LogP contribution in [0.25, 0.3) is 0 Å². The number of nitrogens with one attached hydrogen (secondary N) is 1. The van der Waals surface area contributed by atoms with Gasteiger partial charge in [-0.3, -0.25) is 4.79 Å². The van der Waals surface area contributed by atoms with E-state index in [2.05, 4.69) is 19.2 Å². The number of rotatable bonds is 4. The van der Waals surface area contributed by atoms with E-state index in [1.807, 2.05) is 12.1 Å². The number of likely N-dealkylation sites (N-methyl/N-ethyl adjacent to an activating group) is 1. The molecule has 1 N–H and O–H groups in total. The Balaban J connectivity index is 2.96. The smallest absolute Gasteiger partial charge is 0.176 e.